The minimum Gasteiger partial charge on any atom is -0.598 e. The van der Waals surface area contributed by atoms with Crippen molar-refractivity contribution < 1.29 is 18.8 Å². The van der Waals surface area contributed by atoms with Crippen molar-refractivity contribution in [3.63, 3.8) is 0 Å². The number of carbonyl (C=O) groups excluding carboxylic acids is 1. The van der Waals surface area contributed by atoms with E-state index in [1.54, 1.807) is 12.1 Å². The molecule has 35 heavy (non-hydrogen) atoms. The van der Waals surface area contributed by atoms with Crippen molar-refractivity contribution in [2.75, 3.05) is 19.7 Å². The van der Waals surface area contributed by atoms with Gasteiger partial charge in [0.2, 0.25) is 0 Å². The number of nitrogens with zero attached hydrogens (tertiary/aromatic N) is 1. The topological polar surface area (TPSA) is 73.9 Å². The molecule has 1 saturated carbocycles. The summed E-state index contributed by atoms with van der Waals surface area (Å²) in [6, 6.07) is 3.29. The highest BCUT2D eigenvalue weighted by Gasteiger charge is 2.47. The first-order valence-electron chi connectivity index (χ1n) is 12.1. The van der Waals surface area contributed by atoms with Gasteiger partial charge in [-0.05, 0) is 78.2 Å². The number of likely N-dealkylation sites (tertiary alicyclic amines) is 1. The highest BCUT2D eigenvalue weighted by atomic mass is 35.5. The number of hydrogen-bond acceptors (Lipinski definition) is 5. The van der Waals surface area contributed by atoms with Crippen LogP contribution in [0.25, 0.3) is 0 Å². The number of carbonyl (C=O) groups is 1. The molecule has 5 atom stereocenters. The summed E-state index contributed by atoms with van der Waals surface area (Å²) in [6.45, 7) is 16.9. The average Bonchev–Trinajstić information content (AvgIpc) is 3.30. The van der Waals surface area contributed by atoms with Crippen molar-refractivity contribution in [1.29, 1.82) is 0 Å². The van der Waals surface area contributed by atoms with Crippen molar-refractivity contribution in [3.8, 4) is 5.75 Å². The van der Waals surface area contributed by atoms with Crippen LogP contribution in [-0.2, 0) is 16.1 Å². The zero-order chi connectivity index (χ0) is 26.1. The van der Waals surface area contributed by atoms with Gasteiger partial charge < -0.3 is 18.9 Å². The van der Waals surface area contributed by atoms with Gasteiger partial charge >= 0.3 is 6.09 Å². The lowest BCUT2D eigenvalue weighted by Crippen LogP contribution is -2.43. The van der Waals surface area contributed by atoms with E-state index < -0.39 is 21.7 Å². The standard InChI is InChI=1S/C26H38Cl2N2O4S/c1-8-9-33-22-13-21(28)20(27)12-19(22)23(29-35(32)26(5,6)7)16-10-17-14-30(15-18(17)11-16)24(31)34-25(2,3)4/h8,12-13,16-18,23,29H,1,9-11,14-15H2,2-7H3/t16?,17-,18+,23?,35?. The van der Waals surface area contributed by atoms with E-state index in [1.807, 2.05) is 52.5 Å². The molecule has 3 unspecified atom stereocenters. The van der Waals surface area contributed by atoms with E-state index in [0.29, 0.717) is 47.3 Å². The molecule has 1 aliphatic carbocycles. The highest BCUT2D eigenvalue weighted by Crippen LogP contribution is 2.49. The molecule has 0 bridgehead atoms. The minimum absolute atomic E-state index is 0.195. The van der Waals surface area contributed by atoms with Gasteiger partial charge in [0.25, 0.3) is 0 Å². The molecule has 6 nitrogen and oxygen atoms in total. The van der Waals surface area contributed by atoms with E-state index >= 15 is 0 Å². The molecular weight excluding hydrogens is 507 g/mol. The first-order valence-corrected chi connectivity index (χ1v) is 14.0. The van der Waals surface area contributed by atoms with Gasteiger partial charge in [0.1, 0.15) is 22.7 Å². The quantitative estimate of drug-likeness (QED) is 0.311. The first kappa shape index (κ1) is 28.5. The van der Waals surface area contributed by atoms with Crippen LogP contribution in [0, 0.1) is 17.8 Å². The second-order valence-electron chi connectivity index (χ2n) is 11.5. The summed E-state index contributed by atoms with van der Waals surface area (Å²) in [5.74, 6) is 1.52. The molecule has 1 aliphatic heterocycles. The van der Waals surface area contributed by atoms with Crippen LogP contribution in [-0.4, -0.2) is 45.6 Å². The second kappa shape index (κ2) is 11.1. The predicted octanol–water partition coefficient (Wildman–Crippen LogP) is 6.54. The Kier molecular flexibility index (Phi) is 9.02. The normalized spacial score (nSPS) is 24.1. The predicted molar refractivity (Wildman–Crippen MR) is 143 cm³/mol. The van der Waals surface area contributed by atoms with Gasteiger partial charge in [-0.3, -0.25) is 0 Å². The minimum atomic E-state index is -1.31. The Morgan fingerprint density at radius 2 is 1.77 bits per heavy atom. The summed E-state index contributed by atoms with van der Waals surface area (Å²) in [5.41, 5.74) is 0.326. The molecule has 9 heteroatoms. The number of hydrogen-bond donors (Lipinski definition) is 1. The number of fused-ring (bicyclic) bond motifs is 1. The molecule has 1 saturated heterocycles. The van der Waals surface area contributed by atoms with Gasteiger partial charge in [0.05, 0.1) is 16.1 Å². The molecule has 2 fully saturated rings. The Morgan fingerprint density at radius 3 is 2.29 bits per heavy atom. The maximum Gasteiger partial charge on any atom is 0.410 e. The third-order valence-electron chi connectivity index (χ3n) is 6.45. The summed E-state index contributed by atoms with van der Waals surface area (Å²) in [4.78, 5) is 14.4. The van der Waals surface area contributed by atoms with Gasteiger partial charge in [0.15, 0.2) is 0 Å². The molecule has 0 aromatic heterocycles. The molecule has 1 aromatic carbocycles. The molecule has 3 rings (SSSR count). The SMILES string of the molecule is C=CCOc1cc(Cl)c(Cl)cc1C(N[S+]([O-])C(C)(C)C)C1C[C@@H]2CN(C(=O)OC(C)(C)C)C[C@@H]2C1. The maximum atomic E-state index is 13.2. The van der Waals surface area contributed by atoms with Gasteiger partial charge in [0, 0.05) is 36.1 Å². The van der Waals surface area contributed by atoms with E-state index in [9.17, 15) is 9.35 Å². The summed E-state index contributed by atoms with van der Waals surface area (Å²) in [5, 5.41) is 0.830. The lowest BCUT2D eigenvalue weighted by Gasteiger charge is -2.32. The molecule has 0 spiro atoms. The van der Waals surface area contributed by atoms with E-state index in [0.717, 1.165) is 18.4 Å². The Balaban J connectivity index is 1.85. The highest BCUT2D eigenvalue weighted by molar-refractivity contribution is 7.90. The van der Waals surface area contributed by atoms with Gasteiger partial charge in [-0.1, -0.05) is 35.9 Å². The van der Waals surface area contributed by atoms with Crippen LogP contribution >= 0.6 is 23.2 Å². The maximum absolute atomic E-state index is 13.2. The number of halogens is 2. The van der Waals surface area contributed by atoms with Crippen LogP contribution in [0.2, 0.25) is 10.0 Å². The number of rotatable bonds is 7. The van der Waals surface area contributed by atoms with E-state index in [-0.39, 0.29) is 18.1 Å². The molecular formula is C26H38Cl2N2O4S. The van der Waals surface area contributed by atoms with E-state index in [1.165, 1.54) is 0 Å². The molecule has 1 heterocycles. The van der Waals surface area contributed by atoms with Gasteiger partial charge in [-0.2, -0.15) is 0 Å². The third-order valence-corrected chi connectivity index (χ3v) is 8.75. The Bertz CT molecular complexity index is 917. The van der Waals surface area contributed by atoms with Crippen LogP contribution in [0.5, 0.6) is 5.75 Å². The van der Waals surface area contributed by atoms with Crippen LogP contribution in [0.3, 0.4) is 0 Å². The number of amides is 1. The van der Waals surface area contributed by atoms with Crippen LogP contribution in [0.4, 0.5) is 4.79 Å². The fraction of sp³-hybridized carbons (Fsp3) is 0.654. The smallest absolute Gasteiger partial charge is 0.410 e. The van der Waals surface area contributed by atoms with Crippen molar-refractivity contribution in [2.24, 2.45) is 17.8 Å². The average molecular weight is 546 g/mol. The number of benzene rings is 1. The van der Waals surface area contributed by atoms with Crippen LogP contribution < -0.4 is 9.46 Å². The van der Waals surface area contributed by atoms with Crippen molar-refractivity contribution in [1.82, 2.24) is 9.62 Å². The molecule has 196 valence electrons. The lowest BCUT2D eigenvalue weighted by molar-refractivity contribution is 0.0277. The van der Waals surface area contributed by atoms with Gasteiger partial charge in [-0.15, -0.1) is 4.72 Å². The van der Waals surface area contributed by atoms with Crippen molar-refractivity contribution >= 4 is 40.7 Å². The Labute approximate surface area is 223 Å². The largest absolute Gasteiger partial charge is 0.598 e. The van der Waals surface area contributed by atoms with E-state index in [4.69, 9.17) is 32.7 Å². The van der Waals surface area contributed by atoms with E-state index in [2.05, 4.69) is 11.3 Å². The lowest BCUT2D eigenvalue weighted by atomic mass is 9.90. The van der Waals surface area contributed by atoms with Gasteiger partial charge in [-0.25, -0.2) is 4.79 Å². The zero-order valence-electron chi connectivity index (χ0n) is 21.5. The summed E-state index contributed by atoms with van der Waals surface area (Å²) < 4.78 is 27.7. The molecule has 0 radical (unpaired) electrons. The second-order valence-corrected chi connectivity index (χ2v) is 14.3. The third kappa shape index (κ3) is 7.22. The molecule has 2 aliphatic rings. The van der Waals surface area contributed by atoms with Crippen LogP contribution in [0.15, 0.2) is 24.8 Å². The molecule has 1 aromatic rings. The first-order chi connectivity index (χ1) is 16.2. The Morgan fingerprint density at radius 1 is 1.20 bits per heavy atom. The van der Waals surface area contributed by atoms with Crippen molar-refractivity contribution in [3.05, 3.63) is 40.4 Å². The summed E-state index contributed by atoms with van der Waals surface area (Å²) in [7, 11) is 0. The van der Waals surface area contributed by atoms with Crippen molar-refractivity contribution in [2.45, 2.75) is 70.8 Å². The zero-order valence-corrected chi connectivity index (χ0v) is 23.9. The fourth-order valence-corrected chi connectivity index (χ4v) is 6.09. The summed E-state index contributed by atoms with van der Waals surface area (Å²) in [6.07, 6.45) is 3.21. The number of nitrogens with one attached hydrogen (secondary N) is 1. The summed E-state index contributed by atoms with van der Waals surface area (Å²) >= 11 is 11.4. The molecule has 1 amide bonds. The Hall–Kier alpha value is -1.12. The monoisotopic (exact) mass is 544 g/mol. The fourth-order valence-electron chi connectivity index (χ4n) is 4.86. The van der Waals surface area contributed by atoms with Crippen LogP contribution in [0.1, 0.15) is 66.0 Å². The number of ether oxygens (including phenoxy) is 2. The molecule has 1 N–H and O–H groups in total.